The zero-order chi connectivity index (χ0) is 18.7. The molecule has 138 valence electrons. The normalized spacial score (nSPS) is 13.3. The summed E-state index contributed by atoms with van der Waals surface area (Å²) in [7, 11) is 0. The summed E-state index contributed by atoms with van der Waals surface area (Å²) in [6, 6.07) is 5.66. The Labute approximate surface area is 157 Å². The molecule has 6 nitrogen and oxygen atoms in total. The molecule has 0 spiro atoms. The molecule has 2 amide bonds. The Bertz CT molecular complexity index is 831. The number of fused-ring (bicyclic) bond motifs is 1. The van der Waals surface area contributed by atoms with E-state index < -0.39 is 0 Å². The maximum absolute atomic E-state index is 12.3. The van der Waals surface area contributed by atoms with Crippen LogP contribution in [-0.2, 0) is 9.59 Å². The van der Waals surface area contributed by atoms with Crippen LogP contribution in [0.4, 0.5) is 5.69 Å². The highest BCUT2D eigenvalue weighted by Crippen LogP contribution is 2.37. The molecule has 1 aromatic heterocycles. The van der Waals surface area contributed by atoms with Gasteiger partial charge in [0.15, 0.2) is 6.61 Å². The number of aryl methyl sites for hydroxylation is 2. The smallest absolute Gasteiger partial charge is 0.265 e. The second-order valence-electron chi connectivity index (χ2n) is 6.29. The maximum Gasteiger partial charge on any atom is 0.265 e. The zero-order valence-electron chi connectivity index (χ0n) is 15.3. The summed E-state index contributed by atoms with van der Waals surface area (Å²) in [5.74, 6) is 0.233. The number of anilines is 1. The van der Waals surface area contributed by atoms with E-state index in [1.54, 1.807) is 11.3 Å². The Hall–Kier alpha value is -2.41. The SMILES string of the molecule is CCCCNC(=O)CN1C(=O)COc2ccc(-c3nc(C)sc3C)cc21. The molecule has 3 rings (SSSR count). The van der Waals surface area contributed by atoms with Gasteiger partial charge in [0.25, 0.3) is 5.91 Å². The highest BCUT2D eigenvalue weighted by Gasteiger charge is 2.28. The predicted octanol–water partition coefficient (Wildman–Crippen LogP) is 3.07. The van der Waals surface area contributed by atoms with Crippen molar-refractivity contribution < 1.29 is 14.3 Å². The first-order valence-electron chi connectivity index (χ1n) is 8.78. The van der Waals surface area contributed by atoms with Gasteiger partial charge in [-0.1, -0.05) is 13.3 Å². The lowest BCUT2D eigenvalue weighted by atomic mass is 10.1. The van der Waals surface area contributed by atoms with Crippen LogP contribution in [0, 0.1) is 13.8 Å². The molecule has 1 N–H and O–H groups in total. The Balaban J connectivity index is 1.87. The van der Waals surface area contributed by atoms with Crippen LogP contribution in [0.25, 0.3) is 11.3 Å². The van der Waals surface area contributed by atoms with Gasteiger partial charge in [-0.15, -0.1) is 11.3 Å². The average molecular weight is 373 g/mol. The van der Waals surface area contributed by atoms with E-state index >= 15 is 0 Å². The first-order valence-corrected chi connectivity index (χ1v) is 9.59. The second-order valence-corrected chi connectivity index (χ2v) is 7.70. The number of hydrogen-bond acceptors (Lipinski definition) is 5. The van der Waals surface area contributed by atoms with Crippen molar-refractivity contribution in [2.45, 2.75) is 33.6 Å². The summed E-state index contributed by atoms with van der Waals surface area (Å²) in [5.41, 5.74) is 2.44. The summed E-state index contributed by atoms with van der Waals surface area (Å²) in [6.45, 7) is 6.63. The molecule has 1 aliphatic rings. The molecule has 0 aliphatic carbocycles. The van der Waals surface area contributed by atoms with Gasteiger partial charge in [0, 0.05) is 17.0 Å². The number of hydrogen-bond donors (Lipinski definition) is 1. The molecule has 0 atom stereocenters. The molecule has 26 heavy (non-hydrogen) atoms. The lowest BCUT2D eigenvalue weighted by Gasteiger charge is -2.29. The van der Waals surface area contributed by atoms with E-state index in [-0.39, 0.29) is 25.0 Å². The highest BCUT2D eigenvalue weighted by molar-refractivity contribution is 7.11. The van der Waals surface area contributed by atoms with Gasteiger partial charge >= 0.3 is 0 Å². The molecule has 0 bridgehead atoms. The molecule has 1 aromatic carbocycles. The quantitative estimate of drug-likeness (QED) is 0.790. The number of rotatable bonds is 6. The van der Waals surface area contributed by atoms with Crippen LogP contribution in [-0.4, -0.2) is 36.5 Å². The number of thiazole rings is 1. The number of ether oxygens (including phenoxy) is 1. The third-order valence-corrected chi connectivity index (χ3v) is 5.12. The molecule has 0 saturated carbocycles. The Morgan fingerprint density at radius 3 is 2.88 bits per heavy atom. The molecule has 0 saturated heterocycles. The van der Waals surface area contributed by atoms with Crippen molar-refractivity contribution in [2.75, 3.05) is 24.6 Å². The fraction of sp³-hybridized carbons (Fsp3) is 0.421. The number of unbranched alkanes of at least 4 members (excludes halogenated alkanes) is 1. The molecular weight excluding hydrogens is 350 g/mol. The van der Waals surface area contributed by atoms with Gasteiger partial charge in [-0.25, -0.2) is 4.98 Å². The molecular formula is C19H23N3O3S. The first kappa shape index (κ1) is 18.4. The molecule has 2 heterocycles. The van der Waals surface area contributed by atoms with Crippen molar-refractivity contribution in [2.24, 2.45) is 0 Å². The summed E-state index contributed by atoms with van der Waals surface area (Å²) < 4.78 is 5.53. The van der Waals surface area contributed by atoms with E-state index in [1.807, 2.05) is 32.0 Å². The number of nitrogens with one attached hydrogen (secondary N) is 1. The maximum atomic E-state index is 12.3. The number of nitrogens with zero attached hydrogens (tertiary/aromatic N) is 2. The monoisotopic (exact) mass is 373 g/mol. The fourth-order valence-electron chi connectivity index (χ4n) is 2.92. The van der Waals surface area contributed by atoms with Crippen LogP contribution in [0.3, 0.4) is 0 Å². The lowest BCUT2D eigenvalue weighted by molar-refractivity contribution is -0.125. The zero-order valence-corrected chi connectivity index (χ0v) is 16.1. The molecule has 0 unspecified atom stereocenters. The molecule has 7 heteroatoms. The van der Waals surface area contributed by atoms with E-state index in [4.69, 9.17) is 4.74 Å². The molecule has 2 aromatic rings. The largest absolute Gasteiger partial charge is 0.482 e. The third kappa shape index (κ3) is 3.88. The minimum Gasteiger partial charge on any atom is -0.482 e. The van der Waals surface area contributed by atoms with Gasteiger partial charge in [-0.05, 0) is 38.5 Å². The van der Waals surface area contributed by atoms with Crippen LogP contribution in [0.1, 0.15) is 29.7 Å². The van der Waals surface area contributed by atoms with Crippen LogP contribution < -0.4 is 15.0 Å². The van der Waals surface area contributed by atoms with Gasteiger partial charge in [0.1, 0.15) is 12.3 Å². The van der Waals surface area contributed by atoms with Crippen LogP contribution in [0.2, 0.25) is 0 Å². The van der Waals surface area contributed by atoms with Gasteiger partial charge < -0.3 is 10.1 Å². The van der Waals surface area contributed by atoms with E-state index in [1.165, 1.54) is 4.90 Å². The van der Waals surface area contributed by atoms with Crippen molar-refractivity contribution in [3.8, 4) is 17.0 Å². The van der Waals surface area contributed by atoms with Crippen molar-refractivity contribution in [1.29, 1.82) is 0 Å². The van der Waals surface area contributed by atoms with Gasteiger partial charge in [0.2, 0.25) is 5.91 Å². The minimum absolute atomic E-state index is 0.00254. The van der Waals surface area contributed by atoms with Gasteiger partial charge in [0.05, 0.1) is 16.4 Å². The number of benzene rings is 1. The lowest BCUT2D eigenvalue weighted by Crippen LogP contribution is -2.45. The Morgan fingerprint density at radius 2 is 2.19 bits per heavy atom. The standard InChI is InChI=1S/C19H23N3O3S/c1-4-5-8-20-17(23)10-22-15-9-14(19-12(2)26-13(3)21-19)6-7-16(15)25-11-18(22)24/h6-7,9H,4-5,8,10-11H2,1-3H3,(H,20,23). The Morgan fingerprint density at radius 1 is 1.38 bits per heavy atom. The van der Waals surface area contributed by atoms with E-state index in [0.717, 1.165) is 34.0 Å². The average Bonchev–Trinajstić information content (AvgIpc) is 2.95. The predicted molar refractivity (Wildman–Crippen MR) is 103 cm³/mol. The number of amides is 2. The molecule has 0 fully saturated rings. The van der Waals surface area contributed by atoms with Crippen LogP contribution >= 0.6 is 11.3 Å². The molecule has 1 aliphatic heterocycles. The van der Waals surface area contributed by atoms with Crippen molar-refractivity contribution in [3.05, 3.63) is 28.1 Å². The number of carbonyl (C=O) groups excluding carboxylic acids is 2. The van der Waals surface area contributed by atoms with E-state index in [9.17, 15) is 9.59 Å². The van der Waals surface area contributed by atoms with E-state index in [2.05, 4.69) is 17.2 Å². The molecule has 0 radical (unpaired) electrons. The fourth-order valence-corrected chi connectivity index (χ4v) is 3.76. The van der Waals surface area contributed by atoms with E-state index in [0.29, 0.717) is 18.0 Å². The third-order valence-electron chi connectivity index (χ3n) is 4.23. The number of carbonyl (C=O) groups is 2. The summed E-state index contributed by atoms with van der Waals surface area (Å²) >= 11 is 1.64. The summed E-state index contributed by atoms with van der Waals surface area (Å²) in [6.07, 6.45) is 1.93. The van der Waals surface area contributed by atoms with Gasteiger partial charge in [-0.3, -0.25) is 14.5 Å². The summed E-state index contributed by atoms with van der Waals surface area (Å²) in [4.78, 5) is 31.7. The first-order chi connectivity index (χ1) is 12.5. The van der Waals surface area contributed by atoms with Crippen LogP contribution in [0.15, 0.2) is 18.2 Å². The van der Waals surface area contributed by atoms with Crippen LogP contribution in [0.5, 0.6) is 5.75 Å². The van der Waals surface area contributed by atoms with Crippen molar-refractivity contribution >= 4 is 28.8 Å². The van der Waals surface area contributed by atoms with Crippen molar-refractivity contribution in [1.82, 2.24) is 10.3 Å². The minimum atomic E-state index is -0.216. The highest BCUT2D eigenvalue weighted by atomic mass is 32.1. The topological polar surface area (TPSA) is 71.5 Å². The second kappa shape index (κ2) is 7.86. The van der Waals surface area contributed by atoms with Gasteiger partial charge in [-0.2, -0.15) is 0 Å². The van der Waals surface area contributed by atoms with Crippen molar-refractivity contribution in [3.63, 3.8) is 0 Å². The number of aromatic nitrogens is 1. The Kier molecular flexibility index (Phi) is 5.56. The summed E-state index contributed by atoms with van der Waals surface area (Å²) in [5, 5.41) is 3.85.